The molecule has 158 valence electrons. The van der Waals surface area contributed by atoms with Gasteiger partial charge in [-0.2, -0.15) is 0 Å². The molecule has 5 nitrogen and oxygen atoms in total. The van der Waals surface area contributed by atoms with Crippen molar-refractivity contribution in [1.82, 2.24) is 14.5 Å². The summed E-state index contributed by atoms with van der Waals surface area (Å²) < 4.78 is 1.93. The molecule has 0 N–H and O–H groups in total. The van der Waals surface area contributed by atoms with Crippen LogP contribution >= 0.6 is 0 Å². The van der Waals surface area contributed by atoms with Gasteiger partial charge in [-0.05, 0) is 48.8 Å². The molecule has 0 fully saturated rings. The second-order valence-electron chi connectivity index (χ2n) is 7.50. The highest BCUT2D eigenvalue weighted by Gasteiger charge is 2.20. The summed E-state index contributed by atoms with van der Waals surface area (Å²) in [4.78, 5) is 22.0. The van der Waals surface area contributed by atoms with Crippen molar-refractivity contribution in [3.8, 4) is 5.69 Å². The molecule has 31 heavy (non-hydrogen) atoms. The molecule has 4 rings (SSSR count). The lowest BCUT2D eigenvalue weighted by Crippen LogP contribution is -2.39. The molecule has 1 amide bonds. The number of hydrogen-bond donors (Lipinski definition) is 0. The predicted octanol–water partition coefficient (Wildman–Crippen LogP) is 5.01. The summed E-state index contributed by atoms with van der Waals surface area (Å²) in [5, 5.41) is 2.23. The van der Waals surface area contributed by atoms with Crippen molar-refractivity contribution in [3.05, 3.63) is 91.0 Å². The Morgan fingerprint density at radius 2 is 1.65 bits per heavy atom. The molecule has 0 unspecified atom stereocenters. The summed E-state index contributed by atoms with van der Waals surface area (Å²) in [6.07, 6.45) is 5.39. The lowest BCUT2D eigenvalue weighted by Gasteiger charge is -2.28. The number of likely N-dealkylation sites (N-methyl/N-ethyl adjacent to an activating group) is 1. The van der Waals surface area contributed by atoms with E-state index < -0.39 is 0 Å². The van der Waals surface area contributed by atoms with E-state index in [9.17, 15) is 4.79 Å². The zero-order valence-corrected chi connectivity index (χ0v) is 18.1. The molecule has 0 saturated heterocycles. The first-order valence-corrected chi connectivity index (χ1v) is 10.8. The summed E-state index contributed by atoms with van der Waals surface area (Å²) in [5.41, 5.74) is 2.61. The summed E-state index contributed by atoms with van der Waals surface area (Å²) in [5.74, 6) is 0.0145. The molecule has 0 aliphatic rings. The smallest absolute Gasteiger partial charge is 0.258 e. The highest BCUT2D eigenvalue weighted by molar-refractivity contribution is 6.10. The van der Waals surface area contributed by atoms with E-state index in [1.807, 2.05) is 64.2 Å². The van der Waals surface area contributed by atoms with Crippen LogP contribution in [0.2, 0.25) is 0 Å². The van der Waals surface area contributed by atoms with Crippen LogP contribution in [0.4, 0.5) is 5.69 Å². The van der Waals surface area contributed by atoms with Crippen LogP contribution in [0, 0.1) is 0 Å². The third kappa shape index (κ3) is 4.52. The minimum absolute atomic E-state index is 0.0145. The Labute approximate surface area is 183 Å². The van der Waals surface area contributed by atoms with Crippen molar-refractivity contribution in [2.24, 2.45) is 0 Å². The number of anilines is 1. The Morgan fingerprint density at radius 1 is 0.903 bits per heavy atom. The highest BCUT2D eigenvalue weighted by atomic mass is 16.2. The zero-order valence-electron chi connectivity index (χ0n) is 18.1. The molecule has 0 atom stereocenters. The van der Waals surface area contributed by atoms with E-state index in [0.29, 0.717) is 12.1 Å². The normalized spacial score (nSPS) is 11.2. The summed E-state index contributed by atoms with van der Waals surface area (Å²) in [6.45, 7) is 7.71. The molecule has 0 radical (unpaired) electrons. The van der Waals surface area contributed by atoms with E-state index >= 15 is 0 Å². The Bertz CT molecular complexity index is 1130. The molecule has 0 aliphatic heterocycles. The van der Waals surface area contributed by atoms with Gasteiger partial charge in [-0.25, -0.2) is 4.98 Å². The predicted molar refractivity (Wildman–Crippen MR) is 127 cm³/mol. The fraction of sp³-hybridized carbons (Fsp3) is 0.231. The van der Waals surface area contributed by atoms with Crippen LogP contribution in [-0.4, -0.2) is 46.5 Å². The Kier molecular flexibility index (Phi) is 6.43. The molecule has 4 aromatic rings. The number of nitrogens with zero attached hydrogens (tertiary/aromatic N) is 4. The number of carbonyl (C=O) groups excluding carboxylic acids is 1. The van der Waals surface area contributed by atoms with E-state index in [1.165, 1.54) is 0 Å². The van der Waals surface area contributed by atoms with Gasteiger partial charge in [-0.1, -0.05) is 50.2 Å². The first kappa shape index (κ1) is 20.8. The quantitative estimate of drug-likeness (QED) is 0.408. The minimum Gasteiger partial charge on any atom is -0.306 e. The van der Waals surface area contributed by atoms with E-state index in [4.69, 9.17) is 0 Å². The summed E-state index contributed by atoms with van der Waals surface area (Å²) >= 11 is 0. The van der Waals surface area contributed by atoms with E-state index in [1.54, 1.807) is 12.5 Å². The largest absolute Gasteiger partial charge is 0.306 e. The minimum atomic E-state index is 0.0145. The van der Waals surface area contributed by atoms with Crippen LogP contribution in [-0.2, 0) is 0 Å². The van der Waals surface area contributed by atoms with Gasteiger partial charge in [-0.3, -0.25) is 4.79 Å². The molecule has 0 aliphatic carbocycles. The van der Waals surface area contributed by atoms with Gasteiger partial charge in [-0.15, -0.1) is 0 Å². The van der Waals surface area contributed by atoms with Gasteiger partial charge in [0.15, 0.2) is 0 Å². The molecule has 0 bridgehead atoms. The van der Waals surface area contributed by atoms with Crippen LogP contribution in [0.15, 0.2) is 85.5 Å². The molecular formula is C26H28N4O. The van der Waals surface area contributed by atoms with E-state index in [0.717, 1.165) is 41.8 Å². The second kappa shape index (κ2) is 9.58. The van der Waals surface area contributed by atoms with Crippen LogP contribution in [0.1, 0.15) is 24.2 Å². The lowest BCUT2D eigenvalue weighted by molar-refractivity contribution is 0.0984. The molecule has 0 spiro atoms. The molecule has 1 heterocycles. The number of benzene rings is 3. The van der Waals surface area contributed by atoms with Crippen molar-refractivity contribution in [3.63, 3.8) is 0 Å². The third-order valence-electron chi connectivity index (χ3n) is 5.75. The number of hydrogen-bond acceptors (Lipinski definition) is 3. The van der Waals surface area contributed by atoms with Crippen molar-refractivity contribution in [2.75, 3.05) is 31.1 Å². The maximum atomic E-state index is 13.7. The van der Waals surface area contributed by atoms with Crippen LogP contribution < -0.4 is 4.90 Å². The number of carbonyl (C=O) groups is 1. The standard InChI is InChI=1S/C26H28N4O/c1-3-28(4-2)18-19-30(25-11-7-9-21-8-5-6-10-24(21)25)26(31)22-12-14-23(15-13-22)29-17-16-27-20-29/h5-17,20H,3-4,18-19H2,1-2H3. The van der Waals surface area contributed by atoms with Gasteiger partial charge in [0.05, 0.1) is 12.0 Å². The summed E-state index contributed by atoms with van der Waals surface area (Å²) in [6, 6.07) is 22.1. The van der Waals surface area contributed by atoms with Crippen molar-refractivity contribution in [1.29, 1.82) is 0 Å². The van der Waals surface area contributed by atoms with Crippen molar-refractivity contribution in [2.45, 2.75) is 13.8 Å². The van der Waals surface area contributed by atoms with Gasteiger partial charge < -0.3 is 14.4 Å². The van der Waals surface area contributed by atoms with Crippen LogP contribution in [0.3, 0.4) is 0 Å². The SMILES string of the molecule is CCN(CC)CCN(C(=O)c1ccc(-n2ccnc2)cc1)c1cccc2ccccc12. The maximum absolute atomic E-state index is 13.7. The molecule has 1 aromatic heterocycles. The fourth-order valence-corrected chi connectivity index (χ4v) is 3.90. The van der Waals surface area contributed by atoms with Gasteiger partial charge in [0.1, 0.15) is 0 Å². The first-order chi connectivity index (χ1) is 15.2. The first-order valence-electron chi connectivity index (χ1n) is 10.8. The Morgan fingerprint density at radius 3 is 2.35 bits per heavy atom. The van der Waals surface area contributed by atoms with E-state index in [-0.39, 0.29) is 5.91 Å². The molecular weight excluding hydrogens is 384 g/mol. The topological polar surface area (TPSA) is 41.4 Å². The molecule has 0 saturated carbocycles. The van der Waals surface area contributed by atoms with Crippen LogP contribution in [0.25, 0.3) is 16.5 Å². The number of fused-ring (bicyclic) bond motifs is 1. The van der Waals surface area contributed by atoms with Gasteiger partial charge in [0.2, 0.25) is 0 Å². The average molecular weight is 413 g/mol. The van der Waals surface area contributed by atoms with E-state index in [2.05, 4.69) is 41.9 Å². The van der Waals surface area contributed by atoms with Gasteiger partial charge in [0.25, 0.3) is 5.91 Å². The number of amides is 1. The fourth-order valence-electron chi connectivity index (χ4n) is 3.90. The van der Waals surface area contributed by atoms with Crippen LogP contribution in [0.5, 0.6) is 0 Å². The van der Waals surface area contributed by atoms with Crippen molar-refractivity contribution >= 4 is 22.4 Å². The number of aromatic nitrogens is 2. The van der Waals surface area contributed by atoms with Crippen molar-refractivity contribution < 1.29 is 4.79 Å². The number of rotatable bonds is 8. The second-order valence-corrected chi connectivity index (χ2v) is 7.50. The monoisotopic (exact) mass is 412 g/mol. The number of imidazole rings is 1. The Balaban J connectivity index is 1.68. The third-order valence-corrected chi connectivity index (χ3v) is 5.75. The lowest BCUT2D eigenvalue weighted by atomic mass is 10.1. The zero-order chi connectivity index (χ0) is 21.6. The molecule has 3 aromatic carbocycles. The van der Waals surface area contributed by atoms with Gasteiger partial charge in [0, 0.05) is 42.1 Å². The highest BCUT2D eigenvalue weighted by Crippen LogP contribution is 2.28. The Hall–Kier alpha value is -3.44. The molecule has 5 heteroatoms. The average Bonchev–Trinajstić information content (AvgIpc) is 3.37. The summed E-state index contributed by atoms with van der Waals surface area (Å²) in [7, 11) is 0. The van der Waals surface area contributed by atoms with Gasteiger partial charge >= 0.3 is 0 Å². The maximum Gasteiger partial charge on any atom is 0.258 e.